The van der Waals surface area contributed by atoms with Crippen molar-refractivity contribution < 1.29 is 19.4 Å². The molecule has 0 saturated carbocycles. The summed E-state index contributed by atoms with van der Waals surface area (Å²) in [5, 5.41) is 8.79. The van der Waals surface area contributed by atoms with Crippen molar-refractivity contribution >= 4 is 5.97 Å². The molecule has 0 aliphatic heterocycles. The lowest BCUT2D eigenvalue weighted by Crippen LogP contribution is -2.02. The summed E-state index contributed by atoms with van der Waals surface area (Å²) in [5.74, 6) is 0.432. The number of benzene rings is 1. The van der Waals surface area contributed by atoms with Gasteiger partial charge < -0.3 is 14.6 Å². The van der Waals surface area contributed by atoms with Gasteiger partial charge in [0.2, 0.25) is 0 Å². The molecule has 0 heterocycles. The van der Waals surface area contributed by atoms with E-state index in [4.69, 9.17) is 14.6 Å². The normalized spacial score (nSPS) is 10.1. The first-order chi connectivity index (χ1) is 8.65. The second kappa shape index (κ2) is 7.58. The highest BCUT2D eigenvalue weighted by molar-refractivity contribution is 5.70. The first-order valence-electron chi connectivity index (χ1n) is 6.18. The summed E-state index contributed by atoms with van der Waals surface area (Å²) in [4.78, 5) is 10.7. The first kappa shape index (κ1) is 14.4. The van der Waals surface area contributed by atoms with Crippen LogP contribution in [0.2, 0.25) is 0 Å². The van der Waals surface area contributed by atoms with E-state index in [0.717, 1.165) is 19.3 Å². The zero-order valence-corrected chi connectivity index (χ0v) is 10.9. The summed E-state index contributed by atoms with van der Waals surface area (Å²) in [6, 6.07) is 5.24. The number of hydrogen-bond acceptors (Lipinski definition) is 3. The van der Waals surface area contributed by atoms with Crippen LogP contribution in [0.1, 0.15) is 31.7 Å². The van der Waals surface area contributed by atoms with Gasteiger partial charge in [-0.1, -0.05) is 19.8 Å². The highest BCUT2D eigenvalue weighted by atomic mass is 16.5. The van der Waals surface area contributed by atoms with Crippen LogP contribution in [0, 0.1) is 0 Å². The minimum atomic E-state index is -0.861. The van der Waals surface area contributed by atoms with Gasteiger partial charge in [0, 0.05) is 6.07 Å². The maximum absolute atomic E-state index is 10.7. The molecule has 1 aromatic rings. The number of ether oxygens (including phenoxy) is 2. The highest BCUT2D eigenvalue weighted by Gasteiger charge is 2.06. The SMILES string of the molecule is CCCCCOc1cc(CC(=O)O)cc(OC)c1. The minimum Gasteiger partial charge on any atom is -0.497 e. The molecule has 4 nitrogen and oxygen atoms in total. The number of methoxy groups -OCH3 is 1. The lowest BCUT2D eigenvalue weighted by molar-refractivity contribution is -0.136. The van der Waals surface area contributed by atoms with Crippen molar-refractivity contribution in [2.24, 2.45) is 0 Å². The maximum atomic E-state index is 10.7. The monoisotopic (exact) mass is 252 g/mol. The molecular formula is C14H20O4. The van der Waals surface area contributed by atoms with E-state index in [9.17, 15) is 4.79 Å². The van der Waals surface area contributed by atoms with E-state index in [1.165, 1.54) is 0 Å². The van der Waals surface area contributed by atoms with Crippen LogP contribution in [0.15, 0.2) is 18.2 Å². The fourth-order valence-electron chi connectivity index (χ4n) is 1.65. The molecule has 0 radical (unpaired) electrons. The summed E-state index contributed by atoms with van der Waals surface area (Å²) in [6.07, 6.45) is 3.25. The number of carboxylic acid groups (broad SMARTS) is 1. The van der Waals surface area contributed by atoms with Crippen LogP contribution in [-0.2, 0) is 11.2 Å². The van der Waals surface area contributed by atoms with Crippen molar-refractivity contribution in [3.05, 3.63) is 23.8 Å². The van der Waals surface area contributed by atoms with Gasteiger partial charge in [0.15, 0.2) is 0 Å². The van der Waals surface area contributed by atoms with Crippen LogP contribution in [0.3, 0.4) is 0 Å². The zero-order valence-electron chi connectivity index (χ0n) is 10.9. The van der Waals surface area contributed by atoms with Crippen LogP contribution in [0.4, 0.5) is 0 Å². The Morgan fingerprint density at radius 3 is 2.56 bits per heavy atom. The van der Waals surface area contributed by atoms with Crippen molar-refractivity contribution in [2.45, 2.75) is 32.6 Å². The largest absolute Gasteiger partial charge is 0.497 e. The maximum Gasteiger partial charge on any atom is 0.307 e. The van der Waals surface area contributed by atoms with Gasteiger partial charge in [0.1, 0.15) is 11.5 Å². The Kier molecular flexibility index (Phi) is 6.05. The Labute approximate surface area is 108 Å². The number of rotatable bonds is 8. The van der Waals surface area contributed by atoms with Crippen LogP contribution < -0.4 is 9.47 Å². The van der Waals surface area contributed by atoms with E-state index in [0.29, 0.717) is 23.7 Å². The summed E-state index contributed by atoms with van der Waals surface area (Å²) >= 11 is 0. The molecule has 1 aromatic carbocycles. The summed E-state index contributed by atoms with van der Waals surface area (Å²) < 4.78 is 10.7. The Balaban J connectivity index is 2.67. The molecule has 1 N–H and O–H groups in total. The van der Waals surface area contributed by atoms with Crippen molar-refractivity contribution in [1.82, 2.24) is 0 Å². The average molecular weight is 252 g/mol. The molecule has 0 atom stereocenters. The summed E-state index contributed by atoms with van der Waals surface area (Å²) in [5.41, 5.74) is 0.687. The Bertz CT molecular complexity index is 387. The fourth-order valence-corrected chi connectivity index (χ4v) is 1.65. The van der Waals surface area contributed by atoms with E-state index in [-0.39, 0.29) is 6.42 Å². The molecular weight excluding hydrogens is 232 g/mol. The molecule has 0 aromatic heterocycles. The number of aliphatic carboxylic acids is 1. The smallest absolute Gasteiger partial charge is 0.307 e. The molecule has 0 unspecified atom stereocenters. The van der Waals surface area contributed by atoms with E-state index < -0.39 is 5.97 Å². The van der Waals surface area contributed by atoms with E-state index in [1.807, 2.05) is 0 Å². The number of hydrogen-bond donors (Lipinski definition) is 1. The van der Waals surface area contributed by atoms with Gasteiger partial charge in [-0.2, -0.15) is 0 Å². The van der Waals surface area contributed by atoms with Crippen LogP contribution in [0.25, 0.3) is 0 Å². The third-order valence-corrected chi connectivity index (χ3v) is 2.55. The molecule has 4 heteroatoms. The Morgan fingerprint density at radius 1 is 1.22 bits per heavy atom. The van der Waals surface area contributed by atoms with E-state index >= 15 is 0 Å². The van der Waals surface area contributed by atoms with Gasteiger partial charge in [-0.3, -0.25) is 4.79 Å². The standard InChI is InChI=1S/C14H20O4/c1-3-4-5-6-18-13-8-11(9-14(15)16)7-12(10-13)17-2/h7-8,10H,3-6,9H2,1-2H3,(H,15,16). The molecule has 0 amide bonds. The van der Waals surface area contributed by atoms with E-state index in [1.54, 1.807) is 25.3 Å². The molecule has 1 rings (SSSR count). The van der Waals surface area contributed by atoms with Gasteiger partial charge in [-0.15, -0.1) is 0 Å². The quantitative estimate of drug-likeness (QED) is 0.723. The Hall–Kier alpha value is -1.71. The summed E-state index contributed by atoms with van der Waals surface area (Å²) in [6.45, 7) is 2.78. The Morgan fingerprint density at radius 2 is 1.94 bits per heavy atom. The average Bonchev–Trinajstić information content (AvgIpc) is 2.33. The molecule has 0 aliphatic rings. The summed E-state index contributed by atoms with van der Waals surface area (Å²) in [7, 11) is 1.56. The topological polar surface area (TPSA) is 55.8 Å². The lowest BCUT2D eigenvalue weighted by atomic mass is 10.1. The molecule has 0 fully saturated rings. The van der Waals surface area contributed by atoms with Crippen molar-refractivity contribution in [1.29, 1.82) is 0 Å². The second-order valence-corrected chi connectivity index (χ2v) is 4.14. The number of carbonyl (C=O) groups is 1. The van der Waals surface area contributed by atoms with Gasteiger partial charge in [0.25, 0.3) is 0 Å². The first-order valence-corrected chi connectivity index (χ1v) is 6.18. The third kappa shape index (κ3) is 5.08. The second-order valence-electron chi connectivity index (χ2n) is 4.14. The van der Waals surface area contributed by atoms with Gasteiger partial charge in [-0.25, -0.2) is 0 Å². The van der Waals surface area contributed by atoms with E-state index in [2.05, 4.69) is 6.92 Å². The van der Waals surface area contributed by atoms with Crippen molar-refractivity contribution in [2.75, 3.05) is 13.7 Å². The molecule has 0 spiro atoms. The molecule has 0 aliphatic carbocycles. The van der Waals surface area contributed by atoms with Crippen LogP contribution >= 0.6 is 0 Å². The lowest BCUT2D eigenvalue weighted by Gasteiger charge is -2.09. The predicted octanol–water partition coefficient (Wildman–Crippen LogP) is 2.89. The van der Waals surface area contributed by atoms with Gasteiger partial charge in [-0.05, 0) is 24.1 Å². The minimum absolute atomic E-state index is 0.0253. The predicted molar refractivity (Wildman–Crippen MR) is 69.4 cm³/mol. The van der Waals surface area contributed by atoms with Gasteiger partial charge >= 0.3 is 5.97 Å². The van der Waals surface area contributed by atoms with Crippen molar-refractivity contribution in [3.8, 4) is 11.5 Å². The molecule has 0 saturated heterocycles. The third-order valence-electron chi connectivity index (χ3n) is 2.55. The fraction of sp³-hybridized carbons (Fsp3) is 0.500. The molecule has 0 bridgehead atoms. The zero-order chi connectivity index (χ0) is 13.4. The van der Waals surface area contributed by atoms with Crippen LogP contribution in [0.5, 0.6) is 11.5 Å². The molecule has 18 heavy (non-hydrogen) atoms. The molecule has 100 valence electrons. The van der Waals surface area contributed by atoms with Crippen LogP contribution in [-0.4, -0.2) is 24.8 Å². The van der Waals surface area contributed by atoms with Crippen molar-refractivity contribution in [3.63, 3.8) is 0 Å². The van der Waals surface area contributed by atoms with Gasteiger partial charge in [0.05, 0.1) is 20.1 Å². The highest BCUT2D eigenvalue weighted by Crippen LogP contribution is 2.23. The number of unbranched alkanes of at least 4 members (excludes halogenated alkanes) is 2. The number of carboxylic acids is 1.